The first kappa shape index (κ1) is 18.7. The van der Waals surface area contributed by atoms with Crippen LogP contribution in [0, 0.1) is 5.82 Å². The summed E-state index contributed by atoms with van der Waals surface area (Å²) < 4.78 is 18.5. The SMILES string of the molecule is CC(=O)Nc1cccc(NC(=O)CSc2ncc(-c3ccc(F)cc3)o2)c1. The molecule has 3 rings (SSSR count). The molecule has 8 heteroatoms. The van der Waals surface area contributed by atoms with Crippen molar-refractivity contribution in [1.82, 2.24) is 4.98 Å². The summed E-state index contributed by atoms with van der Waals surface area (Å²) in [5.74, 6) is -0.141. The number of rotatable bonds is 6. The van der Waals surface area contributed by atoms with Gasteiger partial charge < -0.3 is 15.1 Å². The number of nitrogens with one attached hydrogen (secondary N) is 2. The molecule has 0 radical (unpaired) electrons. The normalized spacial score (nSPS) is 10.4. The number of carbonyl (C=O) groups excluding carboxylic acids is 2. The van der Waals surface area contributed by atoms with E-state index < -0.39 is 0 Å². The van der Waals surface area contributed by atoms with Gasteiger partial charge in [-0.3, -0.25) is 9.59 Å². The molecule has 0 unspecified atom stereocenters. The largest absolute Gasteiger partial charge is 0.431 e. The second-order valence-electron chi connectivity index (χ2n) is 5.60. The molecule has 0 atom stereocenters. The number of oxazole rings is 1. The Morgan fingerprint density at radius 2 is 1.81 bits per heavy atom. The fourth-order valence-corrected chi connectivity index (χ4v) is 2.88. The van der Waals surface area contributed by atoms with Crippen molar-refractivity contribution < 1.29 is 18.4 Å². The third-order valence-corrected chi connectivity index (χ3v) is 4.25. The highest BCUT2D eigenvalue weighted by Crippen LogP contribution is 2.25. The van der Waals surface area contributed by atoms with Gasteiger partial charge in [0.2, 0.25) is 11.8 Å². The van der Waals surface area contributed by atoms with E-state index >= 15 is 0 Å². The lowest BCUT2D eigenvalue weighted by molar-refractivity contribution is -0.114. The van der Waals surface area contributed by atoms with Crippen molar-refractivity contribution in [3.8, 4) is 11.3 Å². The quantitative estimate of drug-likeness (QED) is 0.622. The third-order valence-electron chi connectivity index (χ3n) is 3.41. The van der Waals surface area contributed by atoms with Crippen LogP contribution in [0.3, 0.4) is 0 Å². The molecule has 0 aliphatic rings. The second-order valence-corrected chi connectivity index (χ2v) is 6.52. The zero-order valence-corrected chi connectivity index (χ0v) is 15.2. The van der Waals surface area contributed by atoms with Gasteiger partial charge >= 0.3 is 0 Å². The second kappa shape index (κ2) is 8.50. The van der Waals surface area contributed by atoms with Crippen molar-refractivity contribution in [3.63, 3.8) is 0 Å². The molecule has 0 saturated carbocycles. The molecule has 2 aromatic carbocycles. The number of nitrogens with zero attached hydrogens (tertiary/aromatic N) is 1. The molecular weight excluding hydrogens is 369 g/mol. The van der Waals surface area contributed by atoms with Gasteiger partial charge in [-0.2, -0.15) is 0 Å². The third kappa shape index (κ3) is 5.42. The number of hydrogen-bond acceptors (Lipinski definition) is 5. The smallest absolute Gasteiger partial charge is 0.256 e. The highest BCUT2D eigenvalue weighted by Gasteiger charge is 2.10. The highest BCUT2D eigenvalue weighted by atomic mass is 32.2. The molecule has 3 aromatic rings. The minimum Gasteiger partial charge on any atom is -0.431 e. The number of benzene rings is 2. The van der Waals surface area contributed by atoms with Crippen molar-refractivity contribution in [3.05, 3.63) is 60.5 Å². The summed E-state index contributed by atoms with van der Waals surface area (Å²) in [6, 6.07) is 12.7. The molecule has 6 nitrogen and oxygen atoms in total. The minimum atomic E-state index is -0.327. The van der Waals surface area contributed by atoms with Crippen LogP contribution in [0.15, 0.2) is 64.4 Å². The summed E-state index contributed by atoms with van der Waals surface area (Å²) >= 11 is 1.15. The van der Waals surface area contributed by atoms with Gasteiger partial charge in [0, 0.05) is 23.9 Å². The molecule has 2 amide bonds. The summed E-state index contributed by atoms with van der Waals surface area (Å²) in [5, 5.41) is 5.75. The Morgan fingerprint density at radius 1 is 1.11 bits per heavy atom. The first-order chi connectivity index (χ1) is 13.0. The van der Waals surface area contributed by atoms with Crippen LogP contribution in [0.5, 0.6) is 0 Å². The fraction of sp³-hybridized carbons (Fsp3) is 0.105. The standard InChI is InChI=1S/C19H16FN3O3S/c1-12(24)22-15-3-2-4-16(9-15)23-18(25)11-27-19-21-10-17(26-19)13-5-7-14(20)8-6-13/h2-10H,11H2,1H3,(H,22,24)(H,23,25). The van der Waals surface area contributed by atoms with Crippen molar-refractivity contribution in [2.24, 2.45) is 0 Å². The number of halogens is 1. The van der Waals surface area contributed by atoms with Crippen LogP contribution in [-0.4, -0.2) is 22.6 Å². The molecule has 0 aliphatic heterocycles. The zero-order valence-electron chi connectivity index (χ0n) is 14.4. The summed E-state index contributed by atoms with van der Waals surface area (Å²) in [6.45, 7) is 1.42. The van der Waals surface area contributed by atoms with Crippen molar-refractivity contribution >= 4 is 35.0 Å². The molecule has 1 heterocycles. The monoisotopic (exact) mass is 385 g/mol. The Labute approximate surface area is 159 Å². The van der Waals surface area contributed by atoms with Crippen LogP contribution in [0.2, 0.25) is 0 Å². The summed E-state index contributed by atoms with van der Waals surface area (Å²) in [7, 11) is 0. The van der Waals surface area contributed by atoms with E-state index in [-0.39, 0.29) is 23.4 Å². The fourth-order valence-electron chi connectivity index (χ4n) is 2.27. The van der Waals surface area contributed by atoms with Gasteiger partial charge in [0.05, 0.1) is 11.9 Å². The molecule has 138 valence electrons. The van der Waals surface area contributed by atoms with E-state index in [0.717, 1.165) is 11.8 Å². The Bertz CT molecular complexity index is 957. The van der Waals surface area contributed by atoms with Crippen LogP contribution in [0.4, 0.5) is 15.8 Å². The van der Waals surface area contributed by atoms with Gasteiger partial charge in [-0.1, -0.05) is 17.8 Å². The lowest BCUT2D eigenvalue weighted by atomic mass is 10.2. The predicted octanol–water partition coefficient (Wildman–Crippen LogP) is 4.17. The number of aromatic nitrogens is 1. The van der Waals surface area contributed by atoms with E-state index in [2.05, 4.69) is 15.6 Å². The van der Waals surface area contributed by atoms with E-state index in [1.54, 1.807) is 36.4 Å². The molecule has 0 saturated heterocycles. The maximum atomic E-state index is 13.0. The molecular formula is C19H16FN3O3S. The average Bonchev–Trinajstić information content (AvgIpc) is 3.09. The van der Waals surface area contributed by atoms with Crippen LogP contribution >= 0.6 is 11.8 Å². The molecule has 0 aliphatic carbocycles. The first-order valence-electron chi connectivity index (χ1n) is 8.02. The van der Waals surface area contributed by atoms with Crippen LogP contribution in [0.1, 0.15) is 6.92 Å². The van der Waals surface area contributed by atoms with Crippen molar-refractivity contribution in [1.29, 1.82) is 0 Å². The molecule has 27 heavy (non-hydrogen) atoms. The van der Waals surface area contributed by atoms with E-state index in [4.69, 9.17) is 4.42 Å². The van der Waals surface area contributed by atoms with E-state index in [1.165, 1.54) is 25.3 Å². The molecule has 0 spiro atoms. The van der Waals surface area contributed by atoms with Gasteiger partial charge in [0.1, 0.15) is 5.82 Å². The number of thioether (sulfide) groups is 1. The van der Waals surface area contributed by atoms with Crippen LogP contribution in [0.25, 0.3) is 11.3 Å². The highest BCUT2D eigenvalue weighted by molar-refractivity contribution is 7.99. The van der Waals surface area contributed by atoms with Crippen LogP contribution in [-0.2, 0) is 9.59 Å². The Morgan fingerprint density at radius 3 is 2.52 bits per heavy atom. The Kier molecular flexibility index (Phi) is 5.87. The summed E-state index contributed by atoms with van der Waals surface area (Å²) in [6.07, 6.45) is 1.53. The first-order valence-corrected chi connectivity index (χ1v) is 9.00. The van der Waals surface area contributed by atoms with Gasteiger partial charge in [0.25, 0.3) is 5.22 Å². The van der Waals surface area contributed by atoms with E-state index in [0.29, 0.717) is 27.9 Å². The van der Waals surface area contributed by atoms with Gasteiger partial charge in [-0.15, -0.1) is 0 Å². The zero-order chi connectivity index (χ0) is 19.2. The Hall–Kier alpha value is -3.13. The minimum absolute atomic E-state index is 0.105. The van der Waals surface area contributed by atoms with Crippen molar-refractivity contribution in [2.75, 3.05) is 16.4 Å². The van der Waals surface area contributed by atoms with E-state index in [9.17, 15) is 14.0 Å². The number of carbonyl (C=O) groups is 2. The maximum Gasteiger partial charge on any atom is 0.256 e. The van der Waals surface area contributed by atoms with Crippen LogP contribution < -0.4 is 10.6 Å². The van der Waals surface area contributed by atoms with E-state index in [1.807, 2.05) is 0 Å². The summed E-state index contributed by atoms with van der Waals surface area (Å²) in [4.78, 5) is 27.3. The lowest BCUT2D eigenvalue weighted by Gasteiger charge is -2.07. The van der Waals surface area contributed by atoms with Crippen molar-refractivity contribution in [2.45, 2.75) is 12.1 Å². The molecule has 1 aromatic heterocycles. The van der Waals surface area contributed by atoms with Gasteiger partial charge in [0.15, 0.2) is 5.76 Å². The predicted molar refractivity (Wildman–Crippen MR) is 102 cm³/mol. The molecule has 0 fully saturated rings. The molecule has 0 bridgehead atoms. The summed E-state index contributed by atoms with van der Waals surface area (Å²) in [5.41, 5.74) is 1.88. The van der Waals surface area contributed by atoms with Gasteiger partial charge in [-0.25, -0.2) is 9.37 Å². The maximum absolute atomic E-state index is 13.0. The molecule has 2 N–H and O–H groups in total. The van der Waals surface area contributed by atoms with Gasteiger partial charge in [-0.05, 0) is 42.5 Å². The number of hydrogen-bond donors (Lipinski definition) is 2. The average molecular weight is 385 g/mol. The number of amides is 2. The number of anilines is 2. The lowest BCUT2D eigenvalue weighted by Crippen LogP contribution is -2.14. The topological polar surface area (TPSA) is 84.2 Å². The Balaban J connectivity index is 1.55.